The van der Waals surface area contributed by atoms with E-state index < -0.39 is 0 Å². The van der Waals surface area contributed by atoms with Crippen LogP contribution in [0.3, 0.4) is 0 Å². The van der Waals surface area contributed by atoms with Gasteiger partial charge in [0.2, 0.25) is 5.91 Å². The summed E-state index contributed by atoms with van der Waals surface area (Å²) in [5.74, 6) is 0.695. The number of carbonyl (C=O) groups excluding carboxylic acids is 1. The zero-order valence-corrected chi connectivity index (χ0v) is 10.9. The van der Waals surface area contributed by atoms with E-state index in [1.165, 1.54) is 6.92 Å². The second-order valence-corrected chi connectivity index (χ2v) is 3.78. The normalized spacial score (nSPS) is 12.4. The molecule has 0 heterocycles. The number of benzene rings is 1. The van der Waals surface area contributed by atoms with Crippen molar-refractivity contribution in [1.29, 1.82) is 0 Å². The Morgan fingerprint density at radius 3 is 2.67 bits per heavy atom. The van der Waals surface area contributed by atoms with Crippen molar-refractivity contribution in [2.45, 2.75) is 20.3 Å². The summed E-state index contributed by atoms with van der Waals surface area (Å²) < 4.78 is 5.31. The fourth-order valence-corrected chi connectivity index (χ4v) is 1.57. The fraction of sp³-hybridized carbons (Fsp3) is 0.286. The van der Waals surface area contributed by atoms with Gasteiger partial charge in [-0.05, 0) is 18.6 Å². The number of rotatable bonds is 4. The second kappa shape index (κ2) is 6.59. The molecule has 0 aliphatic heterocycles. The SMILES string of the molecule is CCC=C(OC)c1cccc(C(N)=NC(C)=O)c1. The van der Waals surface area contributed by atoms with E-state index in [0.29, 0.717) is 5.56 Å². The standard InChI is InChI=1S/C14H18N2O2/c1-4-6-13(18-3)11-7-5-8-12(9-11)14(15)16-10(2)17/h5-9H,4H2,1-3H3,(H2,15,16,17). The highest BCUT2D eigenvalue weighted by atomic mass is 16.5. The number of hydrogen-bond donors (Lipinski definition) is 1. The lowest BCUT2D eigenvalue weighted by atomic mass is 10.1. The third kappa shape index (κ3) is 3.73. The van der Waals surface area contributed by atoms with Gasteiger partial charge in [0.25, 0.3) is 0 Å². The predicted octanol–water partition coefficient (Wildman–Crippen LogP) is 2.34. The van der Waals surface area contributed by atoms with Gasteiger partial charge < -0.3 is 10.5 Å². The van der Waals surface area contributed by atoms with Crippen molar-refractivity contribution in [3.63, 3.8) is 0 Å². The maximum Gasteiger partial charge on any atom is 0.244 e. The quantitative estimate of drug-likeness (QED) is 0.504. The summed E-state index contributed by atoms with van der Waals surface area (Å²) in [4.78, 5) is 14.6. The average Bonchev–Trinajstić information content (AvgIpc) is 2.35. The highest BCUT2D eigenvalue weighted by molar-refractivity contribution is 6.03. The number of aliphatic imine (C=N–C) groups is 1. The number of carbonyl (C=O) groups is 1. The molecule has 0 aromatic heterocycles. The molecule has 0 bridgehead atoms. The van der Waals surface area contributed by atoms with Gasteiger partial charge in [-0.15, -0.1) is 0 Å². The molecule has 18 heavy (non-hydrogen) atoms. The maximum absolute atomic E-state index is 10.9. The Balaban J connectivity index is 3.13. The van der Waals surface area contributed by atoms with Crippen LogP contribution in [0.1, 0.15) is 31.4 Å². The van der Waals surface area contributed by atoms with Crippen LogP contribution < -0.4 is 5.73 Å². The third-order valence-electron chi connectivity index (χ3n) is 2.33. The lowest BCUT2D eigenvalue weighted by Crippen LogP contribution is -2.15. The number of methoxy groups -OCH3 is 1. The number of nitrogens with two attached hydrogens (primary N) is 1. The smallest absolute Gasteiger partial charge is 0.244 e. The molecule has 4 heteroatoms. The van der Waals surface area contributed by atoms with Gasteiger partial charge in [-0.1, -0.05) is 25.1 Å². The number of allylic oxidation sites excluding steroid dienone is 1. The Hall–Kier alpha value is -2.10. The first-order valence-electron chi connectivity index (χ1n) is 5.78. The molecule has 0 saturated heterocycles. The number of nitrogens with zero attached hydrogens (tertiary/aromatic N) is 1. The minimum atomic E-state index is -0.311. The van der Waals surface area contributed by atoms with E-state index in [4.69, 9.17) is 10.5 Å². The van der Waals surface area contributed by atoms with Crippen molar-refractivity contribution in [3.05, 3.63) is 41.5 Å². The molecule has 0 aliphatic rings. The minimum Gasteiger partial charge on any atom is -0.496 e. The van der Waals surface area contributed by atoms with Gasteiger partial charge in [0.05, 0.1) is 7.11 Å². The van der Waals surface area contributed by atoms with Gasteiger partial charge >= 0.3 is 0 Å². The van der Waals surface area contributed by atoms with Crippen molar-refractivity contribution in [2.24, 2.45) is 10.7 Å². The molecule has 0 unspecified atom stereocenters. The van der Waals surface area contributed by atoms with Crippen LogP contribution in [-0.4, -0.2) is 18.9 Å². The van der Waals surface area contributed by atoms with Gasteiger partial charge in [-0.3, -0.25) is 4.79 Å². The fourth-order valence-electron chi connectivity index (χ4n) is 1.57. The van der Waals surface area contributed by atoms with Crippen LogP contribution in [0.5, 0.6) is 0 Å². The van der Waals surface area contributed by atoms with Gasteiger partial charge in [0.1, 0.15) is 11.6 Å². The Bertz CT molecular complexity index is 473. The van der Waals surface area contributed by atoms with Gasteiger partial charge in [0.15, 0.2) is 0 Å². The van der Waals surface area contributed by atoms with Gasteiger partial charge in [-0.25, -0.2) is 0 Å². The van der Waals surface area contributed by atoms with E-state index in [1.54, 1.807) is 7.11 Å². The highest BCUT2D eigenvalue weighted by Gasteiger charge is 2.05. The van der Waals surface area contributed by atoms with Crippen LogP contribution in [0.15, 0.2) is 35.3 Å². The first-order valence-corrected chi connectivity index (χ1v) is 5.78. The highest BCUT2D eigenvalue weighted by Crippen LogP contribution is 2.17. The molecular weight excluding hydrogens is 228 g/mol. The van der Waals surface area contributed by atoms with Crippen molar-refractivity contribution in [2.75, 3.05) is 7.11 Å². The summed E-state index contributed by atoms with van der Waals surface area (Å²) in [5, 5.41) is 0. The van der Waals surface area contributed by atoms with Crippen LogP contribution in [0.25, 0.3) is 5.76 Å². The van der Waals surface area contributed by atoms with Gasteiger partial charge in [-0.2, -0.15) is 4.99 Å². The van der Waals surface area contributed by atoms with Crippen LogP contribution >= 0.6 is 0 Å². The van der Waals surface area contributed by atoms with Crippen LogP contribution in [-0.2, 0) is 9.53 Å². The molecule has 1 amide bonds. The maximum atomic E-state index is 10.9. The molecule has 0 spiro atoms. The van der Waals surface area contributed by atoms with E-state index in [0.717, 1.165) is 17.7 Å². The summed E-state index contributed by atoms with van der Waals surface area (Å²) in [6, 6.07) is 7.45. The molecule has 0 atom stereocenters. The zero-order valence-electron chi connectivity index (χ0n) is 10.9. The lowest BCUT2D eigenvalue weighted by molar-refractivity contribution is -0.115. The second-order valence-electron chi connectivity index (χ2n) is 3.78. The Morgan fingerprint density at radius 1 is 1.44 bits per heavy atom. The predicted molar refractivity (Wildman–Crippen MR) is 73.1 cm³/mol. The van der Waals surface area contributed by atoms with Crippen molar-refractivity contribution in [3.8, 4) is 0 Å². The molecule has 4 nitrogen and oxygen atoms in total. The average molecular weight is 246 g/mol. The molecule has 1 aromatic carbocycles. The topological polar surface area (TPSA) is 64.7 Å². The summed E-state index contributed by atoms with van der Waals surface area (Å²) in [5.41, 5.74) is 7.37. The summed E-state index contributed by atoms with van der Waals surface area (Å²) >= 11 is 0. The minimum absolute atomic E-state index is 0.219. The molecule has 2 N–H and O–H groups in total. The van der Waals surface area contributed by atoms with Crippen molar-refractivity contribution < 1.29 is 9.53 Å². The summed E-state index contributed by atoms with van der Waals surface area (Å²) in [6.07, 6.45) is 2.86. The molecule has 0 radical (unpaired) electrons. The third-order valence-corrected chi connectivity index (χ3v) is 2.33. The number of amides is 1. The Morgan fingerprint density at radius 2 is 2.11 bits per heavy atom. The van der Waals surface area contributed by atoms with Crippen LogP contribution in [0.4, 0.5) is 0 Å². The molecular formula is C14H18N2O2. The first-order chi connectivity index (χ1) is 8.58. The zero-order chi connectivity index (χ0) is 13.5. The van der Waals surface area contributed by atoms with E-state index >= 15 is 0 Å². The van der Waals surface area contributed by atoms with Crippen LogP contribution in [0.2, 0.25) is 0 Å². The monoisotopic (exact) mass is 246 g/mol. The van der Waals surface area contributed by atoms with E-state index in [1.807, 2.05) is 37.3 Å². The van der Waals surface area contributed by atoms with E-state index in [2.05, 4.69) is 4.99 Å². The van der Waals surface area contributed by atoms with Crippen molar-refractivity contribution >= 4 is 17.5 Å². The van der Waals surface area contributed by atoms with Crippen LogP contribution in [0, 0.1) is 0 Å². The molecule has 96 valence electrons. The van der Waals surface area contributed by atoms with Gasteiger partial charge in [0, 0.05) is 18.1 Å². The lowest BCUT2D eigenvalue weighted by Gasteiger charge is -2.08. The Labute approximate surface area is 107 Å². The van der Waals surface area contributed by atoms with E-state index in [9.17, 15) is 4.79 Å². The summed E-state index contributed by atoms with van der Waals surface area (Å²) in [6.45, 7) is 3.41. The largest absolute Gasteiger partial charge is 0.496 e. The molecule has 0 saturated carbocycles. The molecule has 1 rings (SSSR count). The first kappa shape index (κ1) is 14.0. The number of amidine groups is 1. The molecule has 1 aromatic rings. The Kier molecular flexibility index (Phi) is 5.11. The number of ether oxygens (including phenoxy) is 1. The number of hydrogen-bond acceptors (Lipinski definition) is 2. The molecule has 0 aliphatic carbocycles. The molecule has 0 fully saturated rings. The van der Waals surface area contributed by atoms with E-state index in [-0.39, 0.29) is 11.7 Å². The summed E-state index contributed by atoms with van der Waals surface area (Å²) in [7, 11) is 1.63. The van der Waals surface area contributed by atoms with Crippen molar-refractivity contribution in [1.82, 2.24) is 0 Å².